The fourth-order valence-corrected chi connectivity index (χ4v) is 2.17. The zero-order valence-corrected chi connectivity index (χ0v) is 11.9. The van der Waals surface area contributed by atoms with Crippen molar-refractivity contribution >= 4 is 23.2 Å². The van der Waals surface area contributed by atoms with Crippen LogP contribution in [0, 0.1) is 6.92 Å². The van der Waals surface area contributed by atoms with Crippen LogP contribution in [0.5, 0.6) is 5.75 Å². The van der Waals surface area contributed by atoms with E-state index < -0.39 is 0 Å². The van der Waals surface area contributed by atoms with Crippen LogP contribution < -0.4 is 4.74 Å². The molecule has 0 aliphatic heterocycles. The Labute approximate surface area is 121 Å². The van der Waals surface area contributed by atoms with Gasteiger partial charge in [0.05, 0.1) is 6.61 Å². The Bertz CT molecular complexity index is 567. The molecule has 3 nitrogen and oxygen atoms in total. The topological polar surface area (TPSA) is 42.4 Å². The van der Waals surface area contributed by atoms with Crippen LogP contribution in [0.4, 0.5) is 0 Å². The first-order valence-corrected chi connectivity index (χ1v) is 6.50. The molecule has 2 rings (SSSR count). The van der Waals surface area contributed by atoms with Gasteiger partial charge in [0.25, 0.3) is 0 Å². The molecule has 1 heterocycles. The number of nitrogens with zero attached hydrogens (tertiary/aromatic N) is 1. The molecular formula is C14H13Cl2NO2. The predicted molar refractivity (Wildman–Crippen MR) is 75.7 cm³/mol. The second kappa shape index (κ2) is 6.24. The largest absolute Gasteiger partial charge is 0.487 e. The molecule has 0 aliphatic rings. The van der Waals surface area contributed by atoms with Crippen molar-refractivity contribution in [3.63, 3.8) is 0 Å². The Balaban J connectivity index is 2.19. The highest BCUT2D eigenvalue weighted by Crippen LogP contribution is 2.26. The van der Waals surface area contributed by atoms with Gasteiger partial charge in [-0.3, -0.25) is 4.98 Å². The number of rotatable bonds is 4. The van der Waals surface area contributed by atoms with Crippen molar-refractivity contribution in [1.82, 2.24) is 4.98 Å². The third-order valence-electron chi connectivity index (χ3n) is 2.66. The minimum Gasteiger partial charge on any atom is -0.487 e. The third-order valence-corrected chi connectivity index (χ3v) is 3.36. The third kappa shape index (κ3) is 3.38. The van der Waals surface area contributed by atoms with Crippen LogP contribution in [0.2, 0.25) is 10.0 Å². The van der Waals surface area contributed by atoms with Crippen molar-refractivity contribution < 1.29 is 9.84 Å². The summed E-state index contributed by atoms with van der Waals surface area (Å²) >= 11 is 12.1. The Hall–Kier alpha value is -1.29. The van der Waals surface area contributed by atoms with Crippen LogP contribution in [0.1, 0.15) is 17.0 Å². The van der Waals surface area contributed by atoms with E-state index in [2.05, 4.69) is 4.98 Å². The Morgan fingerprint density at radius 3 is 2.47 bits per heavy atom. The van der Waals surface area contributed by atoms with E-state index in [0.717, 1.165) is 11.3 Å². The molecule has 5 heteroatoms. The average Bonchev–Trinajstić information content (AvgIpc) is 2.39. The van der Waals surface area contributed by atoms with Gasteiger partial charge in [0.15, 0.2) is 0 Å². The van der Waals surface area contributed by atoms with Gasteiger partial charge in [0.2, 0.25) is 0 Å². The van der Waals surface area contributed by atoms with Gasteiger partial charge in [0, 0.05) is 21.3 Å². The summed E-state index contributed by atoms with van der Waals surface area (Å²) in [6.07, 6.45) is 0. The van der Waals surface area contributed by atoms with E-state index in [1.165, 1.54) is 0 Å². The minimum atomic E-state index is -0.173. The van der Waals surface area contributed by atoms with Gasteiger partial charge in [-0.2, -0.15) is 0 Å². The molecule has 19 heavy (non-hydrogen) atoms. The quantitative estimate of drug-likeness (QED) is 0.934. The maximum absolute atomic E-state index is 9.25. The molecule has 1 aromatic carbocycles. The maximum atomic E-state index is 9.25. The van der Waals surface area contributed by atoms with Crippen LogP contribution in [0.25, 0.3) is 0 Å². The molecule has 0 saturated heterocycles. The molecule has 0 fully saturated rings. The number of ether oxygens (including phenoxy) is 1. The van der Waals surface area contributed by atoms with Gasteiger partial charge in [-0.05, 0) is 31.2 Å². The van der Waals surface area contributed by atoms with E-state index >= 15 is 0 Å². The summed E-state index contributed by atoms with van der Waals surface area (Å²) in [5.74, 6) is 0.532. The fraction of sp³-hybridized carbons (Fsp3) is 0.214. The molecule has 0 spiro atoms. The summed E-state index contributed by atoms with van der Waals surface area (Å²) in [5.41, 5.74) is 2.05. The van der Waals surface area contributed by atoms with Gasteiger partial charge in [-0.15, -0.1) is 0 Å². The van der Waals surface area contributed by atoms with Gasteiger partial charge >= 0.3 is 0 Å². The monoisotopic (exact) mass is 297 g/mol. The number of aliphatic hydroxyl groups is 1. The van der Waals surface area contributed by atoms with Crippen molar-refractivity contribution in [3.8, 4) is 5.75 Å². The Kier molecular flexibility index (Phi) is 4.64. The van der Waals surface area contributed by atoms with Crippen LogP contribution >= 0.6 is 23.2 Å². The first-order valence-electron chi connectivity index (χ1n) is 5.75. The summed E-state index contributed by atoms with van der Waals surface area (Å²) in [4.78, 5) is 4.21. The van der Waals surface area contributed by atoms with E-state index in [4.69, 9.17) is 27.9 Å². The first-order chi connectivity index (χ1) is 9.11. The van der Waals surface area contributed by atoms with Crippen LogP contribution in [0.15, 0.2) is 30.3 Å². The summed E-state index contributed by atoms with van der Waals surface area (Å²) in [6.45, 7) is 1.91. The molecular weight excluding hydrogens is 285 g/mol. The highest BCUT2D eigenvalue weighted by molar-refractivity contribution is 6.35. The second-order valence-corrected chi connectivity index (χ2v) is 4.86. The van der Waals surface area contributed by atoms with Crippen LogP contribution in [-0.2, 0) is 13.2 Å². The maximum Gasteiger partial charge on any atom is 0.143 e. The minimum absolute atomic E-state index is 0.173. The Morgan fingerprint density at radius 2 is 1.84 bits per heavy atom. The van der Waals surface area contributed by atoms with Gasteiger partial charge in [-0.25, -0.2) is 0 Å². The van der Waals surface area contributed by atoms with Crippen LogP contribution in [0.3, 0.4) is 0 Å². The number of hydrogen-bond acceptors (Lipinski definition) is 3. The molecule has 1 aromatic heterocycles. The van der Waals surface area contributed by atoms with E-state index in [1.807, 2.05) is 13.0 Å². The van der Waals surface area contributed by atoms with Crippen molar-refractivity contribution in [3.05, 3.63) is 57.3 Å². The lowest BCUT2D eigenvalue weighted by Crippen LogP contribution is -2.02. The van der Waals surface area contributed by atoms with E-state index in [0.29, 0.717) is 21.5 Å². The highest BCUT2D eigenvalue weighted by Gasteiger charge is 2.09. The number of pyridine rings is 1. The fourth-order valence-electron chi connectivity index (χ4n) is 1.66. The standard InChI is InChI=1S/C14H13Cl2NO2/c1-9-5-6-14(13(7-18)17-9)19-8-10-11(15)3-2-4-12(10)16/h2-6,18H,7-8H2,1H3. The Morgan fingerprint density at radius 1 is 1.16 bits per heavy atom. The van der Waals surface area contributed by atoms with Crippen molar-refractivity contribution in [2.75, 3.05) is 0 Å². The highest BCUT2D eigenvalue weighted by atomic mass is 35.5. The number of benzene rings is 1. The number of hydrogen-bond donors (Lipinski definition) is 1. The van der Waals surface area contributed by atoms with Crippen molar-refractivity contribution in [2.24, 2.45) is 0 Å². The van der Waals surface area contributed by atoms with Gasteiger partial charge in [0.1, 0.15) is 18.1 Å². The molecule has 100 valence electrons. The summed E-state index contributed by atoms with van der Waals surface area (Å²) in [5, 5.41) is 10.4. The van der Waals surface area contributed by atoms with Gasteiger partial charge in [-0.1, -0.05) is 29.3 Å². The lowest BCUT2D eigenvalue weighted by molar-refractivity contribution is 0.253. The second-order valence-electron chi connectivity index (χ2n) is 4.04. The smallest absolute Gasteiger partial charge is 0.143 e. The number of aromatic nitrogens is 1. The normalized spacial score (nSPS) is 10.5. The molecule has 0 radical (unpaired) electrons. The zero-order chi connectivity index (χ0) is 13.8. The summed E-state index contributed by atoms with van der Waals surface area (Å²) in [7, 11) is 0. The lowest BCUT2D eigenvalue weighted by Gasteiger charge is -2.12. The van der Waals surface area contributed by atoms with E-state index in [1.54, 1.807) is 24.3 Å². The molecule has 0 atom stereocenters. The first kappa shape index (κ1) is 14.1. The number of aryl methyl sites for hydroxylation is 1. The van der Waals surface area contributed by atoms with E-state index in [-0.39, 0.29) is 13.2 Å². The molecule has 0 bridgehead atoms. The van der Waals surface area contributed by atoms with Crippen LogP contribution in [-0.4, -0.2) is 10.1 Å². The molecule has 0 aliphatic carbocycles. The molecule has 2 aromatic rings. The van der Waals surface area contributed by atoms with Gasteiger partial charge < -0.3 is 9.84 Å². The summed E-state index contributed by atoms with van der Waals surface area (Å²) < 4.78 is 5.64. The molecule has 0 saturated carbocycles. The van der Waals surface area contributed by atoms with Crippen molar-refractivity contribution in [2.45, 2.75) is 20.1 Å². The van der Waals surface area contributed by atoms with Crippen molar-refractivity contribution in [1.29, 1.82) is 0 Å². The molecule has 0 amide bonds. The molecule has 0 unspecified atom stereocenters. The predicted octanol–water partition coefficient (Wildman–Crippen LogP) is 3.77. The summed E-state index contributed by atoms with van der Waals surface area (Å²) in [6, 6.07) is 8.89. The van der Waals surface area contributed by atoms with E-state index in [9.17, 15) is 5.11 Å². The number of halogens is 2. The zero-order valence-electron chi connectivity index (χ0n) is 10.4. The lowest BCUT2D eigenvalue weighted by atomic mass is 10.2. The SMILES string of the molecule is Cc1ccc(OCc2c(Cl)cccc2Cl)c(CO)n1. The average molecular weight is 298 g/mol. The number of aliphatic hydroxyl groups excluding tert-OH is 1. The molecule has 1 N–H and O–H groups in total.